The summed E-state index contributed by atoms with van der Waals surface area (Å²) in [5.41, 5.74) is 1.84. The van der Waals surface area contributed by atoms with Gasteiger partial charge in [0.15, 0.2) is 12.4 Å². The largest absolute Gasteiger partial charge is 2.00 e. The molecule has 0 saturated carbocycles. The number of nitrogens with one attached hydrogen (secondary N) is 2. The van der Waals surface area contributed by atoms with Crippen molar-refractivity contribution < 1.29 is 20.2 Å². The van der Waals surface area contributed by atoms with Gasteiger partial charge in [-0.1, -0.05) is 60.1 Å². The first kappa shape index (κ1) is 21.2. The molecule has 0 fully saturated rings. The van der Waals surface area contributed by atoms with Crippen molar-refractivity contribution in [2.24, 2.45) is 0 Å². The molecule has 3 aromatic carbocycles. The molecule has 5 heteroatoms. The Morgan fingerprint density at radius 3 is 2.16 bits per heavy atom. The number of pyridine rings is 2. The molecule has 0 unspecified atom stereocenters. The maximum absolute atomic E-state index is 12.0. The fourth-order valence-corrected chi connectivity index (χ4v) is 4.04. The van der Waals surface area contributed by atoms with Crippen LogP contribution >= 0.6 is 0 Å². The van der Waals surface area contributed by atoms with Crippen molar-refractivity contribution in [2.75, 3.05) is 0 Å². The zero-order valence-electron chi connectivity index (χ0n) is 17.5. The molecule has 0 atom stereocenters. The summed E-state index contributed by atoms with van der Waals surface area (Å²) in [6, 6.07) is 21.3. The molecular weight excluding hydrogens is 393 g/mol. The van der Waals surface area contributed by atoms with Crippen LogP contribution in [0.15, 0.2) is 91.3 Å². The standard InChI is InChI=1S/C14H11NO.C13H9NO.Be/c16-12-6-2-1-4-10-7-8-11-5-3-9-15-14(11)13(10)12;15-11-5-1-3-9-6-7-10-4-2-8-14-13(10)12(9)11;/h2-9,16H,1H2;1-8,15H;/q;;+2. The van der Waals surface area contributed by atoms with Crippen LogP contribution in [0.1, 0.15) is 6.42 Å². The fourth-order valence-electron chi connectivity index (χ4n) is 4.04. The Bertz CT molecular complexity index is 1590. The number of hydrogen-bond acceptors (Lipinski definition) is 2. The number of allylic oxidation sites excluding steroid dienone is 1. The third-order valence-corrected chi connectivity index (χ3v) is 5.50. The summed E-state index contributed by atoms with van der Waals surface area (Å²) >= 11 is 0. The zero-order valence-corrected chi connectivity index (χ0v) is 17.5. The van der Waals surface area contributed by atoms with Crippen LogP contribution in [0.2, 0.25) is 0 Å². The van der Waals surface area contributed by atoms with Crippen LogP contribution < -0.4 is 30.6 Å². The van der Waals surface area contributed by atoms with Crippen LogP contribution in [-0.4, -0.2) is 10.1 Å². The number of aromatic nitrogens is 2. The average molecular weight is 413 g/mol. The van der Waals surface area contributed by atoms with E-state index in [9.17, 15) is 10.2 Å². The number of aromatic amines is 2. The molecule has 1 aliphatic rings. The molecule has 0 radical (unpaired) electrons. The van der Waals surface area contributed by atoms with Crippen LogP contribution in [0.4, 0.5) is 0 Å². The molecular formula is C27H20BeN2O2+2. The van der Waals surface area contributed by atoms with E-state index in [2.05, 4.69) is 16.0 Å². The van der Waals surface area contributed by atoms with Crippen molar-refractivity contribution in [1.82, 2.24) is 0 Å². The quantitative estimate of drug-likeness (QED) is 0.284. The molecule has 0 bridgehead atoms. The van der Waals surface area contributed by atoms with Gasteiger partial charge in [-0.15, -0.1) is 0 Å². The van der Waals surface area contributed by atoms with Gasteiger partial charge in [0.25, 0.3) is 0 Å². The maximum atomic E-state index is 12.0. The van der Waals surface area contributed by atoms with Crippen molar-refractivity contribution >= 4 is 54.5 Å². The van der Waals surface area contributed by atoms with Gasteiger partial charge in [-0.3, -0.25) is 0 Å². The SMILES string of the molecule is [Be+2].[O-]C1=c2c(ccc3ccc[nH+]c23)=CCC=C1.[O-]c1cccc2ccc3ccc[nH+]c3c12. The van der Waals surface area contributed by atoms with Crippen LogP contribution in [0, 0.1) is 0 Å². The molecule has 2 heterocycles. The maximum Gasteiger partial charge on any atom is 2.00 e. The summed E-state index contributed by atoms with van der Waals surface area (Å²) in [6.45, 7) is 0. The van der Waals surface area contributed by atoms with Gasteiger partial charge >= 0.3 is 10.1 Å². The van der Waals surface area contributed by atoms with Crippen LogP contribution in [0.3, 0.4) is 0 Å². The molecule has 32 heavy (non-hydrogen) atoms. The molecule has 4 nitrogen and oxygen atoms in total. The molecule has 6 rings (SSSR count). The second kappa shape index (κ2) is 9.01. The molecule has 0 amide bonds. The first-order valence-electron chi connectivity index (χ1n) is 10.2. The molecule has 150 valence electrons. The van der Waals surface area contributed by atoms with Gasteiger partial charge in [0, 0.05) is 33.5 Å². The van der Waals surface area contributed by atoms with E-state index < -0.39 is 0 Å². The first-order chi connectivity index (χ1) is 15.2. The Labute approximate surface area is 188 Å². The van der Waals surface area contributed by atoms with Crippen molar-refractivity contribution in [1.29, 1.82) is 0 Å². The predicted molar refractivity (Wildman–Crippen MR) is 125 cm³/mol. The number of hydrogen-bond donors (Lipinski definition) is 0. The van der Waals surface area contributed by atoms with Crippen LogP contribution in [-0.2, 0) is 0 Å². The van der Waals surface area contributed by atoms with Crippen molar-refractivity contribution in [3.8, 4) is 5.75 Å². The van der Waals surface area contributed by atoms with E-state index in [0.29, 0.717) is 0 Å². The minimum atomic E-state index is 0. The van der Waals surface area contributed by atoms with E-state index in [1.807, 2.05) is 73.1 Å². The van der Waals surface area contributed by atoms with Gasteiger partial charge in [0.05, 0.1) is 0 Å². The smallest absolute Gasteiger partial charge is 0.872 e. The summed E-state index contributed by atoms with van der Waals surface area (Å²) in [7, 11) is 0. The normalized spacial score (nSPS) is 12.3. The van der Waals surface area contributed by atoms with Gasteiger partial charge < -0.3 is 10.2 Å². The molecule has 0 aliphatic heterocycles. The van der Waals surface area contributed by atoms with Crippen molar-refractivity contribution in [3.05, 3.63) is 102 Å². The summed E-state index contributed by atoms with van der Waals surface area (Å²) in [6.07, 6.45) is 10.1. The average Bonchev–Trinajstić information content (AvgIpc) is 3.01. The van der Waals surface area contributed by atoms with E-state index in [-0.39, 0.29) is 21.6 Å². The molecule has 0 spiro atoms. The Hall–Kier alpha value is -4.01. The zero-order chi connectivity index (χ0) is 21.2. The van der Waals surface area contributed by atoms with E-state index in [1.54, 1.807) is 18.2 Å². The number of benzene rings is 3. The van der Waals surface area contributed by atoms with E-state index in [4.69, 9.17) is 0 Å². The molecule has 5 aromatic rings. The Morgan fingerprint density at radius 2 is 1.34 bits per heavy atom. The summed E-state index contributed by atoms with van der Waals surface area (Å²) < 4.78 is 0. The fraction of sp³-hybridized carbons (Fsp3) is 0.0370. The topological polar surface area (TPSA) is 74.4 Å². The Balaban J connectivity index is 0.000000149. The minimum absolute atomic E-state index is 0. The van der Waals surface area contributed by atoms with Gasteiger partial charge in [0.2, 0.25) is 11.0 Å². The first-order valence-corrected chi connectivity index (χ1v) is 10.2. The Morgan fingerprint density at radius 1 is 0.688 bits per heavy atom. The van der Waals surface area contributed by atoms with E-state index in [1.165, 1.54) is 0 Å². The summed E-state index contributed by atoms with van der Waals surface area (Å²) in [5, 5.41) is 29.5. The number of fused-ring (bicyclic) bond motifs is 6. The summed E-state index contributed by atoms with van der Waals surface area (Å²) in [4.78, 5) is 6.30. The van der Waals surface area contributed by atoms with Crippen molar-refractivity contribution in [3.63, 3.8) is 0 Å². The third kappa shape index (κ3) is 3.84. The van der Waals surface area contributed by atoms with Crippen molar-refractivity contribution in [2.45, 2.75) is 6.42 Å². The number of rotatable bonds is 0. The van der Waals surface area contributed by atoms with E-state index >= 15 is 0 Å². The van der Waals surface area contributed by atoms with Crippen LogP contribution in [0.25, 0.3) is 44.4 Å². The predicted octanol–water partition coefficient (Wildman–Crippen LogP) is 1.36. The second-order valence-corrected chi connectivity index (χ2v) is 7.42. The Kier molecular flexibility index (Phi) is 5.98. The van der Waals surface area contributed by atoms with Gasteiger partial charge in [-0.2, -0.15) is 0 Å². The van der Waals surface area contributed by atoms with Gasteiger partial charge in [-0.25, -0.2) is 9.97 Å². The molecule has 2 aromatic heterocycles. The number of H-pyrrole nitrogens is 2. The monoisotopic (exact) mass is 413 g/mol. The third-order valence-electron chi connectivity index (χ3n) is 5.50. The van der Waals surface area contributed by atoms with Gasteiger partial charge in [0.1, 0.15) is 0 Å². The van der Waals surface area contributed by atoms with Crippen LogP contribution in [0.5, 0.6) is 5.75 Å². The second-order valence-electron chi connectivity index (χ2n) is 7.42. The summed E-state index contributed by atoms with van der Waals surface area (Å²) in [5.74, 6) is 0.150. The molecule has 0 saturated heterocycles. The minimum Gasteiger partial charge on any atom is -0.872 e. The van der Waals surface area contributed by atoms with Gasteiger partial charge in [-0.05, 0) is 41.3 Å². The van der Waals surface area contributed by atoms with E-state index in [0.717, 1.165) is 49.4 Å². The molecule has 1 aliphatic carbocycles. The molecule has 2 N–H and O–H groups in total.